The number of nitrogens with one attached hydrogen (secondary N) is 2. The van der Waals surface area contributed by atoms with E-state index in [1.165, 1.54) is 0 Å². The van der Waals surface area contributed by atoms with E-state index in [4.69, 9.17) is 9.47 Å². The van der Waals surface area contributed by atoms with Crippen LogP contribution >= 0.6 is 24.8 Å². The molecule has 8 heteroatoms. The molecule has 1 aromatic carbocycles. The third-order valence-electron chi connectivity index (χ3n) is 5.65. The highest BCUT2D eigenvalue weighted by Gasteiger charge is 2.57. The third-order valence-corrected chi connectivity index (χ3v) is 5.65. The van der Waals surface area contributed by atoms with Crippen LogP contribution < -0.4 is 20.1 Å². The molecule has 1 unspecified atom stereocenters. The molecule has 1 aliphatic heterocycles. The van der Waals surface area contributed by atoms with Crippen LogP contribution in [-0.2, 0) is 11.3 Å². The zero-order valence-corrected chi connectivity index (χ0v) is 18.0. The Hall–Kier alpha value is -2.02. The van der Waals surface area contributed by atoms with Crippen molar-refractivity contribution in [3.63, 3.8) is 0 Å². The van der Waals surface area contributed by atoms with E-state index in [-0.39, 0.29) is 42.1 Å². The van der Waals surface area contributed by atoms with Crippen molar-refractivity contribution in [1.82, 2.24) is 15.6 Å². The molecule has 2 heterocycles. The van der Waals surface area contributed by atoms with Crippen molar-refractivity contribution < 1.29 is 14.3 Å². The van der Waals surface area contributed by atoms with Gasteiger partial charge in [-0.3, -0.25) is 4.79 Å². The number of methoxy groups -OCH3 is 1. The van der Waals surface area contributed by atoms with Crippen molar-refractivity contribution in [2.75, 3.05) is 20.2 Å². The van der Waals surface area contributed by atoms with Crippen molar-refractivity contribution in [3.8, 4) is 17.4 Å². The van der Waals surface area contributed by atoms with Crippen LogP contribution in [0.2, 0.25) is 0 Å². The summed E-state index contributed by atoms with van der Waals surface area (Å²) in [5, 5.41) is 6.45. The van der Waals surface area contributed by atoms with Crippen molar-refractivity contribution in [2.45, 2.75) is 25.8 Å². The fourth-order valence-corrected chi connectivity index (χ4v) is 3.89. The maximum atomic E-state index is 12.5. The molecule has 29 heavy (non-hydrogen) atoms. The minimum Gasteiger partial charge on any atom is -0.497 e. The van der Waals surface area contributed by atoms with Crippen LogP contribution in [0.15, 0.2) is 42.6 Å². The SMILES string of the molecule is COc1ccc(Oc2cc(CNC(=O)C3CC34CCNCC4)ccn2)cc1.Cl.Cl. The van der Waals surface area contributed by atoms with Crippen LogP contribution in [0, 0.1) is 11.3 Å². The maximum absolute atomic E-state index is 12.5. The highest BCUT2D eigenvalue weighted by Crippen LogP contribution is 2.58. The summed E-state index contributed by atoms with van der Waals surface area (Å²) in [6, 6.07) is 11.1. The number of aromatic nitrogens is 1. The Morgan fingerprint density at radius 1 is 1.17 bits per heavy atom. The number of amides is 1. The molecule has 2 aromatic rings. The lowest BCUT2D eigenvalue weighted by atomic mass is 9.92. The van der Waals surface area contributed by atoms with E-state index in [1.807, 2.05) is 36.4 Å². The lowest BCUT2D eigenvalue weighted by Gasteiger charge is -2.23. The molecule has 158 valence electrons. The van der Waals surface area contributed by atoms with Gasteiger partial charge in [0.05, 0.1) is 7.11 Å². The normalized spacial score (nSPS) is 18.7. The topological polar surface area (TPSA) is 72.5 Å². The van der Waals surface area contributed by atoms with Gasteiger partial charge < -0.3 is 20.1 Å². The Bertz CT molecular complexity index is 811. The van der Waals surface area contributed by atoms with Gasteiger partial charge in [-0.05, 0) is 73.7 Å². The molecular formula is C21H27Cl2N3O3. The van der Waals surface area contributed by atoms with E-state index in [0.717, 1.165) is 43.7 Å². The number of rotatable bonds is 6. The number of carbonyl (C=O) groups is 1. The molecular weight excluding hydrogens is 413 g/mol. The Morgan fingerprint density at radius 3 is 2.55 bits per heavy atom. The fourth-order valence-electron chi connectivity index (χ4n) is 3.89. The first kappa shape index (κ1) is 23.3. The van der Waals surface area contributed by atoms with Crippen LogP contribution in [0.1, 0.15) is 24.8 Å². The van der Waals surface area contributed by atoms with Gasteiger partial charge in [-0.2, -0.15) is 0 Å². The summed E-state index contributed by atoms with van der Waals surface area (Å²) in [5.74, 6) is 2.32. The van der Waals surface area contributed by atoms with Gasteiger partial charge in [-0.15, -0.1) is 24.8 Å². The first-order valence-corrected chi connectivity index (χ1v) is 9.44. The lowest BCUT2D eigenvalue weighted by molar-refractivity contribution is -0.123. The molecule has 1 saturated heterocycles. The van der Waals surface area contributed by atoms with Crippen LogP contribution in [0.3, 0.4) is 0 Å². The molecule has 2 N–H and O–H groups in total. The molecule has 6 nitrogen and oxygen atoms in total. The van der Waals surface area contributed by atoms with Crippen molar-refractivity contribution in [1.29, 1.82) is 0 Å². The molecule has 4 rings (SSSR count). The quantitative estimate of drug-likeness (QED) is 0.716. The second-order valence-corrected chi connectivity index (χ2v) is 7.37. The minimum absolute atomic E-state index is 0. The van der Waals surface area contributed by atoms with Crippen LogP contribution in [0.4, 0.5) is 0 Å². The number of hydrogen-bond donors (Lipinski definition) is 2. The highest BCUT2D eigenvalue weighted by atomic mass is 35.5. The summed E-state index contributed by atoms with van der Waals surface area (Å²) in [6.07, 6.45) is 4.95. The van der Waals surface area contributed by atoms with E-state index < -0.39 is 0 Å². The van der Waals surface area contributed by atoms with E-state index in [9.17, 15) is 4.79 Å². The summed E-state index contributed by atoms with van der Waals surface area (Å²) >= 11 is 0. The molecule has 1 aromatic heterocycles. The molecule has 2 fully saturated rings. The Labute approximate surface area is 183 Å². The number of pyridine rings is 1. The van der Waals surface area contributed by atoms with Crippen LogP contribution in [0.5, 0.6) is 17.4 Å². The average molecular weight is 440 g/mol. The molecule has 2 aliphatic rings. The minimum atomic E-state index is 0. The Kier molecular flexibility index (Phi) is 8.14. The fraction of sp³-hybridized carbons (Fsp3) is 0.429. The van der Waals surface area contributed by atoms with Gasteiger partial charge in [0.25, 0.3) is 0 Å². The molecule has 1 atom stereocenters. The number of nitrogens with zero attached hydrogens (tertiary/aromatic N) is 1. The number of hydrogen-bond acceptors (Lipinski definition) is 5. The van der Waals surface area contributed by atoms with Gasteiger partial charge in [0.2, 0.25) is 11.8 Å². The number of benzene rings is 1. The Morgan fingerprint density at radius 2 is 1.86 bits per heavy atom. The van der Waals surface area contributed by atoms with Gasteiger partial charge in [-0.1, -0.05) is 0 Å². The third kappa shape index (κ3) is 5.53. The zero-order valence-electron chi connectivity index (χ0n) is 16.3. The smallest absolute Gasteiger partial charge is 0.223 e. The summed E-state index contributed by atoms with van der Waals surface area (Å²) in [7, 11) is 1.63. The zero-order chi connectivity index (χ0) is 18.7. The van der Waals surface area contributed by atoms with Crippen molar-refractivity contribution in [2.24, 2.45) is 11.3 Å². The summed E-state index contributed by atoms with van der Waals surface area (Å²) in [6.45, 7) is 2.55. The maximum Gasteiger partial charge on any atom is 0.223 e. The molecule has 1 aliphatic carbocycles. The standard InChI is InChI=1S/C21H25N3O3.2ClH/c1-26-16-2-4-17(5-3-16)27-19-12-15(6-9-23-19)14-24-20(25)18-13-21(18)7-10-22-11-8-21;;/h2-6,9,12,18,22H,7-8,10-11,13-14H2,1H3,(H,24,25);2*1H. The average Bonchev–Trinajstić information content (AvgIpc) is 3.40. The van der Waals surface area contributed by atoms with Crippen LogP contribution in [-0.4, -0.2) is 31.1 Å². The highest BCUT2D eigenvalue weighted by molar-refractivity contribution is 5.85. The number of ether oxygens (including phenoxy) is 2. The van der Waals surface area contributed by atoms with Gasteiger partial charge in [0.15, 0.2) is 0 Å². The molecule has 0 radical (unpaired) electrons. The predicted molar refractivity (Wildman–Crippen MR) is 116 cm³/mol. The van der Waals surface area contributed by atoms with Crippen molar-refractivity contribution in [3.05, 3.63) is 48.2 Å². The first-order valence-electron chi connectivity index (χ1n) is 9.44. The van der Waals surface area contributed by atoms with E-state index in [2.05, 4.69) is 15.6 Å². The second-order valence-electron chi connectivity index (χ2n) is 7.37. The van der Waals surface area contributed by atoms with E-state index in [0.29, 0.717) is 18.2 Å². The van der Waals surface area contributed by atoms with E-state index >= 15 is 0 Å². The Balaban J connectivity index is 0.00000150. The molecule has 0 bridgehead atoms. The lowest BCUT2D eigenvalue weighted by Crippen LogP contribution is -2.33. The van der Waals surface area contributed by atoms with Crippen LogP contribution in [0.25, 0.3) is 0 Å². The van der Waals surface area contributed by atoms with Gasteiger partial charge in [0.1, 0.15) is 11.5 Å². The number of piperidine rings is 1. The largest absolute Gasteiger partial charge is 0.497 e. The first-order chi connectivity index (χ1) is 13.2. The second kappa shape index (κ2) is 10.1. The molecule has 1 saturated carbocycles. The van der Waals surface area contributed by atoms with E-state index in [1.54, 1.807) is 13.3 Å². The monoisotopic (exact) mass is 439 g/mol. The van der Waals surface area contributed by atoms with Gasteiger partial charge in [0, 0.05) is 24.7 Å². The van der Waals surface area contributed by atoms with Gasteiger partial charge in [-0.25, -0.2) is 4.98 Å². The summed E-state index contributed by atoms with van der Waals surface area (Å²) < 4.78 is 10.9. The molecule has 1 spiro atoms. The van der Waals surface area contributed by atoms with Crippen molar-refractivity contribution >= 4 is 30.7 Å². The predicted octanol–water partition coefficient (Wildman–Crippen LogP) is 3.73. The summed E-state index contributed by atoms with van der Waals surface area (Å²) in [5.41, 5.74) is 1.23. The molecule has 1 amide bonds. The number of halogens is 2. The summed E-state index contributed by atoms with van der Waals surface area (Å²) in [4.78, 5) is 16.7. The number of carbonyl (C=O) groups excluding carboxylic acids is 1. The van der Waals surface area contributed by atoms with Gasteiger partial charge >= 0.3 is 0 Å².